The topological polar surface area (TPSA) is 94.7 Å². The van der Waals surface area contributed by atoms with Gasteiger partial charge in [-0.3, -0.25) is 0 Å². The SMILES string of the molecule is Cc1c(Cc2ccc(-c3cnoc3C3CC3)cc2)c(OC(F)F)nc2c(F)ccc(OCC(=O)O)c12. The van der Waals surface area contributed by atoms with E-state index >= 15 is 0 Å². The number of hydrogen-bond acceptors (Lipinski definition) is 6. The minimum Gasteiger partial charge on any atom is -0.481 e. The Kier molecular flexibility index (Phi) is 6.26. The Balaban J connectivity index is 1.54. The predicted octanol–water partition coefficient (Wildman–Crippen LogP) is 5.87. The number of nitrogens with zero attached hydrogens (tertiary/aromatic N) is 2. The number of fused-ring (bicyclic) bond motifs is 1. The lowest BCUT2D eigenvalue weighted by atomic mass is 9.96. The molecule has 4 aromatic rings. The summed E-state index contributed by atoms with van der Waals surface area (Å²) in [7, 11) is 0. The fourth-order valence-electron chi connectivity index (χ4n) is 4.26. The average molecular weight is 498 g/mol. The zero-order valence-corrected chi connectivity index (χ0v) is 19.1. The Hall–Kier alpha value is -4.08. The van der Waals surface area contributed by atoms with E-state index in [1.165, 1.54) is 6.07 Å². The highest BCUT2D eigenvalue weighted by molar-refractivity contribution is 5.91. The molecular weight excluding hydrogens is 477 g/mol. The van der Waals surface area contributed by atoms with Gasteiger partial charge in [-0.15, -0.1) is 0 Å². The second-order valence-electron chi connectivity index (χ2n) is 8.60. The van der Waals surface area contributed by atoms with E-state index in [9.17, 15) is 18.0 Å². The molecule has 2 aromatic carbocycles. The molecule has 1 fully saturated rings. The summed E-state index contributed by atoms with van der Waals surface area (Å²) in [6, 6.07) is 9.82. The first-order valence-electron chi connectivity index (χ1n) is 11.3. The molecule has 1 aliphatic rings. The second kappa shape index (κ2) is 9.52. The summed E-state index contributed by atoms with van der Waals surface area (Å²) in [4.78, 5) is 15.0. The Morgan fingerprint density at radius 2 is 1.94 bits per heavy atom. The van der Waals surface area contributed by atoms with Crippen LogP contribution in [0.2, 0.25) is 0 Å². The van der Waals surface area contributed by atoms with Gasteiger partial charge in [-0.25, -0.2) is 14.2 Å². The molecule has 0 unspecified atom stereocenters. The number of aliphatic carboxylic acids is 1. The van der Waals surface area contributed by atoms with Gasteiger partial charge in [0.05, 0.1) is 6.20 Å². The van der Waals surface area contributed by atoms with Crippen molar-refractivity contribution in [2.75, 3.05) is 6.61 Å². The molecule has 2 aromatic heterocycles. The first-order valence-corrected chi connectivity index (χ1v) is 11.3. The average Bonchev–Trinajstić information content (AvgIpc) is 3.57. The Bertz CT molecular complexity index is 1430. The van der Waals surface area contributed by atoms with Gasteiger partial charge < -0.3 is 19.1 Å². The predicted molar refractivity (Wildman–Crippen MR) is 123 cm³/mol. The molecule has 10 heteroatoms. The minimum atomic E-state index is -3.17. The van der Waals surface area contributed by atoms with Crippen LogP contribution in [0, 0.1) is 12.7 Å². The lowest BCUT2D eigenvalue weighted by molar-refractivity contribution is -0.139. The van der Waals surface area contributed by atoms with Crippen molar-refractivity contribution in [3.8, 4) is 22.8 Å². The monoisotopic (exact) mass is 498 g/mol. The number of hydrogen-bond donors (Lipinski definition) is 1. The molecule has 0 saturated heterocycles. The lowest BCUT2D eigenvalue weighted by Gasteiger charge is -2.17. The zero-order valence-electron chi connectivity index (χ0n) is 19.1. The molecule has 186 valence electrons. The van der Waals surface area contributed by atoms with Crippen LogP contribution in [0.3, 0.4) is 0 Å². The highest BCUT2D eigenvalue weighted by Crippen LogP contribution is 2.44. The van der Waals surface area contributed by atoms with Gasteiger partial charge in [0.25, 0.3) is 0 Å². The molecule has 0 spiro atoms. The van der Waals surface area contributed by atoms with Crippen LogP contribution < -0.4 is 9.47 Å². The Morgan fingerprint density at radius 3 is 2.61 bits per heavy atom. The van der Waals surface area contributed by atoms with E-state index in [0.717, 1.165) is 41.4 Å². The van der Waals surface area contributed by atoms with Crippen LogP contribution in [0.4, 0.5) is 13.2 Å². The van der Waals surface area contributed by atoms with Crippen molar-refractivity contribution in [2.24, 2.45) is 0 Å². The van der Waals surface area contributed by atoms with Crippen LogP contribution in [0.5, 0.6) is 11.6 Å². The highest BCUT2D eigenvalue weighted by atomic mass is 19.3. The van der Waals surface area contributed by atoms with Crippen LogP contribution in [-0.2, 0) is 11.2 Å². The number of alkyl halides is 2. The number of carboxylic acids is 1. The van der Waals surface area contributed by atoms with Crippen LogP contribution >= 0.6 is 0 Å². The molecule has 2 heterocycles. The number of rotatable bonds is 9. The van der Waals surface area contributed by atoms with E-state index in [1.54, 1.807) is 13.1 Å². The van der Waals surface area contributed by atoms with Crippen LogP contribution in [0.1, 0.15) is 41.2 Å². The molecule has 36 heavy (non-hydrogen) atoms. The number of ether oxygens (including phenoxy) is 2. The fourth-order valence-corrected chi connectivity index (χ4v) is 4.26. The minimum absolute atomic E-state index is 0.0825. The van der Waals surface area contributed by atoms with Gasteiger partial charge in [0.1, 0.15) is 22.8 Å². The summed E-state index contributed by atoms with van der Waals surface area (Å²) >= 11 is 0. The van der Waals surface area contributed by atoms with Gasteiger partial charge in [-0.1, -0.05) is 29.4 Å². The van der Waals surface area contributed by atoms with Crippen LogP contribution in [-0.4, -0.2) is 34.4 Å². The molecule has 7 nitrogen and oxygen atoms in total. The summed E-state index contributed by atoms with van der Waals surface area (Å²) in [5.74, 6) is -1.05. The molecule has 0 aliphatic heterocycles. The van der Waals surface area contributed by atoms with Crippen molar-refractivity contribution >= 4 is 16.9 Å². The van der Waals surface area contributed by atoms with E-state index < -0.39 is 30.9 Å². The molecule has 5 rings (SSSR count). The van der Waals surface area contributed by atoms with Crippen LogP contribution in [0.25, 0.3) is 22.0 Å². The lowest BCUT2D eigenvalue weighted by Crippen LogP contribution is -2.12. The summed E-state index contributed by atoms with van der Waals surface area (Å²) < 4.78 is 56.4. The van der Waals surface area contributed by atoms with E-state index in [0.29, 0.717) is 17.0 Å². The van der Waals surface area contributed by atoms with Gasteiger partial charge in [0, 0.05) is 28.9 Å². The quantitative estimate of drug-likeness (QED) is 0.308. The second-order valence-corrected chi connectivity index (χ2v) is 8.60. The molecule has 0 radical (unpaired) electrons. The highest BCUT2D eigenvalue weighted by Gasteiger charge is 2.30. The van der Waals surface area contributed by atoms with Gasteiger partial charge in [0.15, 0.2) is 6.61 Å². The Labute approximate surface area is 203 Å². The van der Waals surface area contributed by atoms with Crippen molar-refractivity contribution in [3.63, 3.8) is 0 Å². The van der Waals surface area contributed by atoms with Gasteiger partial charge >= 0.3 is 12.6 Å². The standard InChI is InChI=1S/C26H21F3N2O5/c1-13-17(10-14-2-4-15(5-3-14)18-11-30-36-24(18)16-6-7-16)25(35-26(28)29)31-23-19(27)8-9-20(22(13)23)34-12-21(32)33/h2-5,8-9,11,16,26H,6-7,10,12H2,1H3,(H,32,33). The summed E-state index contributed by atoms with van der Waals surface area (Å²) in [5.41, 5.74) is 3.08. The van der Waals surface area contributed by atoms with Gasteiger partial charge in [-0.05, 0) is 48.6 Å². The summed E-state index contributed by atoms with van der Waals surface area (Å²) in [6.45, 7) is -2.21. The molecule has 0 bridgehead atoms. The number of pyridine rings is 1. The van der Waals surface area contributed by atoms with E-state index in [4.69, 9.17) is 14.4 Å². The number of halogens is 3. The van der Waals surface area contributed by atoms with Gasteiger partial charge in [0.2, 0.25) is 5.88 Å². The first kappa shape index (κ1) is 23.7. The van der Waals surface area contributed by atoms with E-state index in [2.05, 4.69) is 14.9 Å². The van der Waals surface area contributed by atoms with Crippen molar-refractivity contribution in [2.45, 2.75) is 38.7 Å². The van der Waals surface area contributed by atoms with Crippen molar-refractivity contribution in [1.29, 1.82) is 0 Å². The summed E-state index contributed by atoms with van der Waals surface area (Å²) in [6.07, 6.45) is 3.98. The third kappa shape index (κ3) is 4.71. The number of carboxylic acid groups (broad SMARTS) is 1. The van der Waals surface area contributed by atoms with E-state index in [-0.39, 0.29) is 23.1 Å². The molecule has 1 aliphatic carbocycles. The maximum absolute atomic E-state index is 14.6. The third-order valence-electron chi connectivity index (χ3n) is 6.13. The van der Waals surface area contributed by atoms with E-state index in [1.807, 2.05) is 24.3 Å². The smallest absolute Gasteiger partial charge is 0.388 e. The maximum atomic E-state index is 14.6. The fraction of sp³-hybridized carbons (Fsp3) is 0.269. The maximum Gasteiger partial charge on any atom is 0.388 e. The van der Waals surface area contributed by atoms with Crippen molar-refractivity contribution in [1.82, 2.24) is 10.1 Å². The van der Waals surface area contributed by atoms with Gasteiger partial charge in [-0.2, -0.15) is 8.78 Å². The number of aryl methyl sites for hydroxylation is 1. The van der Waals surface area contributed by atoms with Crippen LogP contribution in [0.15, 0.2) is 47.1 Å². The first-order chi connectivity index (χ1) is 17.3. The van der Waals surface area contributed by atoms with Crippen molar-refractivity contribution < 1.29 is 37.1 Å². The number of aromatic nitrogens is 2. The molecule has 1 N–H and O–H groups in total. The summed E-state index contributed by atoms with van der Waals surface area (Å²) in [5, 5.41) is 13.1. The molecule has 0 amide bonds. The zero-order chi connectivity index (χ0) is 25.4. The molecule has 1 saturated carbocycles. The number of benzene rings is 2. The Morgan fingerprint density at radius 1 is 1.19 bits per heavy atom. The molecule has 0 atom stereocenters. The molecular formula is C26H21F3N2O5. The number of carbonyl (C=O) groups is 1. The third-order valence-corrected chi connectivity index (χ3v) is 6.13. The van der Waals surface area contributed by atoms with Crippen molar-refractivity contribution in [3.05, 3.63) is 70.9 Å². The normalized spacial score (nSPS) is 13.4. The largest absolute Gasteiger partial charge is 0.481 e.